The molecule has 8 N–H and O–H groups in total. The Morgan fingerprint density at radius 3 is 1.45 bits per heavy atom. The largest absolute Gasteiger partial charge is 0.397 e. The summed E-state index contributed by atoms with van der Waals surface area (Å²) < 4.78 is 0. The van der Waals surface area contributed by atoms with E-state index in [9.17, 15) is 0 Å². The molecule has 116 valence electrons. The van der Waals surface area contributed by atoms with Crippen molar-refractivity contribution < 1.29 is 0 Å². The van der Waals surface area contributed by atoms with E-state index in [4.69, 9.17) is 22.9 Å². The Morgan fingerprint density at radius 1 is 0.591 bits per heavy atom. The molecule has 22 heavy (non-hydrogen) atoms. The quantitative estimate of drug-likeness (QED) is 0.638. The van der Waals surface area contributed by atoms with Gasteiger partial charge in [-0.15, -0.1) is 0 Å². The molecule has 0 saturated heterocycles. The van der Waals surface area contributed by atoms with Crippen LogP contribution in [0.4, 0.5) is 22.7 Å². The van der Waals surface area contributed by atoms with Crippen molar-refractivity contribution in [2.75, 3.05) is 22.9 Å². The fraction of sp³-hybridized carbons (Fsp3) is 0.333. The van der Waals surface area contributed by atoms with Crippen LogP contribution in [0.5, 0.6) is 0 Å². The molecule has 0 aromatic heterocycles. The molecular formula is C18H24N4. The van der Waals surface area contributed by atoms with Crippen LogP contribution in [0.25, 0.3) is 0 Å². The summed E-state index contributed by atoms with van der Waals surface area (Å²) in [6.45, 7) is 0. The van der Waals surface area contributed by atoms with E-state index in [1.165, 1.54) is 30.4 Å². The van der Waals surface area contributed by atoms with E-state index in [1.54, 1.807) is 0 Å². The van der Waals surface area contributed by atoms with Gasteiger partial charge in [0.2, 0.25) is 0 Å². The monoisotopic (exact) mass is 296 g/mol. The van der Waals surface area contributed by atoms with Crippen molar-refractivity contribution in [1.82, 2.24) is 0 Å². The molecule has 2 aromatic rings. The predicted molar refractivity (Wildman–Crippen MR) is 94.4 cm³/mol. The molecule has 4 heteroatoms. The van der Waals surface area contributed by atoms with Gasteiger partial charge in [0.05, 0.1) is 22.7 Å². The van der Waals surface area contributed by atoms with Gasteiger partial charge in [0.15, 0.2) is 0 Å². The molecule has 0 radical (unpaired) electrons. The minimum atomic E-state index is -0.0398. The van der Waals surface area contributed by atoms with Gasteiger partial charge in [-0.3, -0.25) is 0 Å². The molecule has 0 bridgehead atoms. The average Bonchev–Trinajstić information content (AvgIpc) is 2.53. The Labute approximate surface area is 131 Å². The van der Waals surface area contributed by atoms with Gasteiger partial charge < -0.3 is 22.9 Å². The molecule has 4 nitrogen and oxygen atoms in total. The Bertz CT molecular complexity index is 634. The fourth-order valence-electron chi connectivity index (χ4n) is 3.64. The number of nitrogen functional groups attached to an aromatic ring is 4. The smallest absolute Gasteiger partial charge is 0.0550 e. The molecule has 1 aliphatic carbocycles. The van der Waals surface area contributed by atoms with Crippen molar-refractivity contribution >= 4 is 22.7 Å². The van der Waals surface area contributed by atoms with E-state index in [0.717, 1.165) is 12.8 Å². The van der Waals surface area contributed by atoms with Gasteiger partial charge in [0.25, 0.3) is 0 Å². The number of rotatable bonds is 2. The van der Waals surface area contributed by atoms with Crippen molar-refractivity contribution in [2.24, 2.45) is 0 Å². The Kier molecular flexibility index (Phi) is 3.61. The first-order chi connectivity index (χ1) is 10.5. The molecule has 1 saturated carbocycles. The van der Waals surface area contributed by atoms with Crippen LogP contribution in [0.15, 0.2) is 36.4 Å². The van der Waals surface area contributed by atoms with Gasteiger partial charge in [-0.2, -0.15) is 0 Å². The van der Waals surface area contributed by atoms with Crippen LogP contribution in [0.2, 0.25) is 0 Å². The highest BCUT2D eigenvalue weighted by Gasteiger charge is 2.36. The molecular weight excluding hydrogens is 272 g/mol. The van der Waals surface area contributed by atoms with E-state index in [0.29, 0.717) is 22.7 Å². The van der Waals surface area contributed by atoms with Gasteiger partial charge in [-0.25, -0.2) is 0 Å². The van der Waals surface area contributed by atoms with Gasteiger partial charge in [0.1, 0.15) is 0 Å². The highest BCUT2D eigenvalue weighted by Crippen LogP contribution is 2.46. The third-order valence-electron chi connectivity index (χ3n) is 4.99. The van der Waals surface area contributed by atoms with Gasteiger partial charge >= 0.3 is 0 Å². The Morgan fingerprint density at radius 2 is 1.05 bits per heavy atom. The lowest BCUT2D eigenvalue weighted by Gasteiger charge is -2.39. The second kappa shape index (κ2) is 5.44. The van der Waals surface area contributed by atoms with Crippen molar-refractivity contribution in [2.45, 2.75) is 37.5 Å². The summed E-state index contributed by atoms with van der Waals surface area (Å²) in [5, 5.41) is 0. The number of nitrogens with two attached hydrogens (primary N) is 4. The topological polar surface area (TPSA) is 104 Å². The maximum Gasteiger partial charge on any atom is 0.0550 e. The zero-order valence-corrected chi connectivity index (χ0v) is 12.8. The summed E-state index contributed by atoms with van der Waals surface area (Å²) in [6, 6.07) is 12.1. The summed E-state index contributed by atoms with van der Waals surface area (Å²) in [5.41, 5.74) is 28.8. The van der Waals surface area contributed by atoms with E-state index >= 15 is 0 Å². The summed E-state index contributed by atoms with van der Waals surface area (Å²) in [6.07, 6.45) is 5.87. The van der Waals surface area contributed by atoms with Gasteiger partial charge in [-0.1, -0.05) is 31.4 Å². The first kappa shape index (κ1) is 14.6. The third-order valence-corrected chi connectivity index (χ3v) is 4.99. The first-order valence-corrected chi connectivity index (χ1v) is 7.84. The van der Waals surface area contributed by atoms with Crippen molar-refractivity contribution in [3.8, 4) is 0 Å². The minimum Gasteiger partial charge on any atom is -0.397 e. The van der Waals surface area contributed by atoms with Crippen molar-refractivity contribution in [3.05, 3.63) is 47.5 Å². The van der Waals surface area contributed by atoms with Crippen LogP contribution in [0, 0.1) is 0 Å². The average molecular weight is 296 g/mol. The number of benzene rings is 2. The minimum absolute atomic E-state index is 0.0398. The summed E-state index contributed by atoms with van der Waals surface area (Å²) in [5.74, 6) is 0. The normalized spacial score (nSPS) is 17.3. The van der Waals surface area contributed by atoms with Crippen LogP contribution in [0.3, 0.4) is 0 Å². The Hall–Kier alpha value is -2.36. The van der Waals surface area contributed by atoms with Gasteiger partial charge in [-0.05, 0) is 48.2 Å². The van der Waals surface area contributed by atoms with E-state index in [-0.39, 0.29) is 5.41 Å². The summed E-state index contributed by atoms with van der Waals surface area (Å²) in [7, 11) is 0. The summed E-state index contributed by atoms with van der Waals surface area (Å²) >= 11 is 0. The van der Waals surface area contributed by atoms with Crippen LogP contribution >= 0.6 is 0 Å². The second-order valence-corrected chi connectivity index (χ2v) is 6.33. The molecule has 3 rings (SSSR count). The predicted octanol–water partition coefficient (Wildman–Crippen LogP) is 3.27. The van der Waals surface area contributed by atoms with Gasteiger partial charge in [0, 0.05) is 5.41 Å². The van der Waals surface area contributed by atoms with Crippen LogP contribution in [0.1, 0.15) is 43.2 Å². The van der Waals surface area contributed by atoms with Crippen LogP contribution in [-0.2, 0) is 5.41 Å². The van der Waals surface area contributed by atoms with Crippen LogP contribution in [-0.4, -0.2) is 0 Å². The second-order valence-electron chi connectivity index (χ2n) is 6.33. The molecule has 0 atom stereocenters. The maximum absolute atomic E-state index is 6.05. The van der Waals surface area contributed by atoms with E-state index in [1.807, 2.05) is 24.3 Å². The molecule has 1 fully saturated rings. The molecule has 0 amide bonds. The highest BCUT2D eigenvalue weighted by molar-refractivity contribution is 5.68. The van der Waals surface area contributed by atoms with E-state index < -0.39 is 0 Å². The number of hydrogen-bond donors (Lipinski definition) is 4. The lowest BCUT2D eigenvalue weighted by Crippen LogP contribution is -2.30. The lowest BCUT2D eigenvalue weighted by molar-refractivity contribution is 0.346. The molecule has 0 spiro atoms. The SMILES string of the molecule is Nc1ccc(C2(c3ccc(N)c(N)c3)CCCCC2)cc1N. The van der Waals surface area contributed by atoms with Crippen LogP contribution < -0.4 is 22.9 Å². The number of anilines is 4. The molecule has 2 aromatic carbocycles. The zero-order valence-electron chi connectivity index (χ0n) is 12.8. The maximum atomic E-state index is 6.05. The fourth-order valence-corrected chi connectivity index (χ4v) is 3.64. The first-order valence-electron chi connectivity index (χ1n) is 7.84. The molecule has 0 heterocycles. The standard InChI is InChI=1S/C18H24N4/c19-14-6-4-12(10-16(14)21)18(8-2-1-3-9-18)13-5-7-15(20)17(22)11-13/h4-7,10-11H,1-3,8-9,19-22H2. The third kappa shape index (κ3) is 2.34. The zero-order chi connectivity index (χ0) is 15.7. The van der Waals surface area contributed by atoms with Crippen molar-refractivity contribution in [1.29, 1.82) is 0 Å². The van der Waals surface area contributed by atoms with E-state index in [2.05, 4.69) is 12.1 Å². The van der Waals surface area contributed by atoms with Crippen molar-refractivity contribution in [3.63, 3.8) is 0 Å². The molecule has 0 aliphatic heterocycles. The molecule has 0 unspecified atom stereocenters. The lowest BCUT2D eigenvalue weighted by atomic mass is 9.65. The number of hydrogen-bond acceptors (Lipinski definition) is 4. The summed E-state index contributed by atoms with van der Waals surface area (Å²) in [4.78, 5) is 0. The Balaban J connectivity index is 2.15. The highest BCUT2D eigenvalue weighted by atomic mass is 14.7. The molecule has 1 aliphatic rings.